The lowest BCUT2D eigenvalue weighted by Crippen LogP contribution is -2.32. The molecule has 0 atom stereocenters. The lowest BCUT2D eigenvalue weighted by Gasteiger charge is -2.19. The molecule has 148 valence electrons. The van der Waals surface area contributed by atoms with Crippen LogP contribution in [0.5, 0.6) is 11.5 Å². The number of hydrogen-bond acceptors (Lipinski definition) is 5. The maximum Gasteiger partial charge on any atom is 0.387 e. The van der Waals surface area contributed by atoms with Crippen LogP contribution in [-0.2, 0) is 6.54 Å². The molecule has 0 radical (unpaired) electrons. The zero-order valence-electron chi connectivity index (χ0n) is 15.3. The second-order valence-corrected chi connectivity index (χ2v) is 6.35. The van der Waals surface area contributed by atoms with Crippen LogP contribution in [0, 0.1) is 0 Å². The van der Waals surface area contributed by atoms with Gasteiger partial charge in [-0.25, -0.2) is 9.97 Å². The Morgan fingerprint density at radius 3 is 2.52 bits per heavy atom. The zero-order chi connectivity index (χ0) is 20.2. The summed E-state index contributed by atoms with van der Waals surface area (Å²) >= 11 is 0. The lowest BCUT2D eigenvalue weighted by molar-refractivity contribution is -0.0498. The Bertz CT molecular complexity index is 998. The summed E-state index contributed by atoms with van der Waals surface area (Å²) in [6.07, 6.45) is 3.27. The number of alkyl halides is 2. The number of nitrogens with zero attached hydrogens (tertiary/aromatic N) is 3. The summed E-state index contributed by atoms with van der Waals surface area (Å²) in [7, 11) is 0. The number of carbonyl (C=O) groups is 1. The standard InChI is InChI=1S/C21H17F2N3O3/c22-21(23)29-16-5-2-14(3-6-16)15-4-7-18-17(12-15)20(27)26(10-11-28-18)13-19-24-8-1-9-25-19/h1-9,12,21H,10-11,13H2. The molecule has 3 aromatic rings. The predicted octanol–water partition coefficient (Wildman–Crippen LogP) is 3.78. The van der Waals surface area contributed by atoms with Gasteiger partial charge in [0.25, 0.3) is 5.91 Å². The number of amides is 1. The number of fused-ring (bicyclic) bond motifs is 1. The predicted molar refractivity (Wildman–Crippen MR) is 101 cm³/mol. The SMILES string of the molecule is O=C1c2cc(-c3ccc(OC(F)F)cc3)ccc2OCCN1Cc1ncccn1. The molecule has 0 saturated carbocycles. The van der Waals surface area contributed by atoms with Gasteiger partial charge in [-0.05, 0) is 41.5 Å². The molecular weight excluding hydrogens is 380 g/mol. The third-order valence-electron chi connectivity index (χ3n) is 4.48. The van der Waals surface area contributed by atoms with Crippen LogP contribution in [0.2, 0.25) is 0 Å². The highest BCUT2D eigenvalue weighted by atomic mass is 19.3. The highest BCUT2D eigenvalue weighted by Crippen LogP contribution is 2.30. The first kappa shape index (κ1) is 18.8. The summed E-state index contributed by atoms with van der Waals surface area (Å²) in [5, 5.41) is 0. The van der Waals surface area contributed by atoms with E-state index in [2.05, 4.69) is 14.7 Å². The van der Waals surface area contributed by atoms with Gasteiger partial charge in [0.2, 0.25) is 0 Å². The van der Waals surface area contributed by atoms with Gasteiger partial charge in [-0.2, -0.15) is 8.78 Å². The molecule has 6 nitrogen and oxygen atoms in total. The van der Waals surface area contributed by atoms with Crippen LogP contribution < -0.4 is 9.47 Å². The van der Waals surface area contributed by atoms with E-state index in [-0.39, 0.29) is 18.2 Å². The molecule has 0 spiro atoms. The van der Waals surface area contributed by atoms with Crippen molar-refractivity contribution in [2.75, 3.05) is 13.2 Å². The lowest BCUT2D eigenvalue weighted by atomic mass is 10.0. The Morgan fingerprint density at radius 1 is 1.07 bits per heavy atom. The number of benzene rings is 2. The zero-order valence-corrected chi connectivity index (χ0v) is 15.3. The van der Waals surface area contributed by atoms with E-state index >= 15 is 0 Å². The molecule has 8 heteroatoms. The van der Waals surface area contributed by atoms with Gasteiger partial charge < -0.3 is 14.4 Å². The van der Waals surface area contributed by atoms with Gasteiger partial charge in [-0.1, -0.05) is 18.2 Å². The van der Waals surface area contributed by atoms with Crippen molar-refractivity contribution in [1.82, 2.24) is 14.9 Å². The molecule has 1 aromatic heterocycles. The Balaban J connectivity index is 1.60. The first-order valence-corrected chi connectivity index (χ1v) is 8.97. The van der Waals surface area contributed by atoms with Gasteiger partial charge in [0.05, 0.1) is 18.7 Å². The number of rotatable bonds is 5. The van der Waals surface area contributed by atoms with Crippen molar-refractivity contribution >= 4 is 5.91 Å². The molecule has 0 fully saturated rings. The van der Waals surface area contributed by atoms with Crippen molar-refractivity contribution in [3.8, 4) is 22.6 Å². The van der Waals surface area contributed by atoms with E-state index in [1.54, 1.807) is 47.6 Å². The fourth-order valence-electron chi connectivity index (χ4n) is 3.10. The second-order valence-electron chi connectivity index (χ2n) is 6.35. The Morgan fingerprint density at radius 2 is 1.79 bits per heavy atom. The van der Waals surface area contributed by atoms with Gasteiger partial charge in [0.15, 0.2) is 0 Å². The highest BCUT2D eigenvalue weighted by Gasteiger charge is 2.24. The minimum atomic E-state index is -2.87. The molecule has 2 aromatic carbocycles. The Hall–Kier alpha value is -3.55. The Labute approximate surface area is 165 Å². The average molecular weight is 397 g/mol. The van der Waals surface area contributed by atoms with E-state index < -0.39 is 6.61 Å². The molecule has 0 N–H and O–H groups in total. The summed E-state index contributed by atoms with van der Waals surface area (Å²) in [6.45, 7) is -1.81. The largest absolute Gasteiger partial charge is 0.491 e. The first-order chi connectivity index (χ1) is 14.1. The van der Waals surface area contributed by atoms with Gasteiger partial charge in [0, 0.05) is 12.4 Å². The smallest absolute Gasteiger partial charge is 0.387 e. The van der Waals surface area contributed by atoms with Crippen LogP contribution in [0.25, 0.3) is 11.1 Å². The quantitative estimate of drug-likeness (QED) is 0.656. The van der Waals surface area contributed by atoms with Crippen LogP contribution in [0.15, 0.2) is 60.9 Å². The molecule has 2 heterocycles. The molecule has 29 heavy (non-hydrogen) atoms. The van der Waals surface area contributed by atoms with Crippen molar-refractivity contribution in [1.29, 1.82) is 0 Å². The van der Waals surface area contributed by atoms with Gasteiger partial charge in [0.1, 0.15) is 23.9 Å². The summed E-state index contributed by atoms with van der Waals surface area (Å²) in [4.78, 5) is 23.1. The molecular formula is C21H17F2N3O3. The fourth-order valence-corrected chi connectivity index (χ4v) is 3.10. The van der Waals surface area contributed by atoms with Crippen molar-refractivity contribution < 1.29 is 23.0 Å². The number of ether oxygens (including phenoxy) is 2. The molecule has 0 aliphatic carbocycles. The number of hydrogen-bond donors (Lipinski definition) is 0. The molecule has 0 unspecified atom stereocenters. The van der Waals surface area contributed by atoms with Crippen molar-refractivity contribution in [3.63, 3.8) is 0 Å². The summed E-state index contributed by atoms with van der Waals surface area (Å²) in [6, 6.07) is 13.3. The van der Waals surface area contributed by atoms with Gasteiger partial charge in [-0.15, -0.1) is 0 Å². The molecule has 0 saturated heterocycles. The molecule has 1 amide bonds. The van der Waals surface area contributed by atoms with E-state index in [4.69, 9.17) is 4.74 Å². The third kappa shape index (κ3) is 4.31. The number of carbonyl (C=O) groups excluding carboxylic acids is 1. The van der Waals surface area contributed by atoms with E-state index in [0.717, 1.165) is 11.1 Å². The minimum Gasteiger partial charge on any atom is -0.491 e. The van der Waals surface area contributed by atoms with Crippen molar-refractivity contribution in [2.24, 2.45) is 0 Å². The first-order valence-electron chi connectivity index (χ1n) is 8.97. The summed E-state index contributed by atoms with van der Waals surface area (Å²) < 4.78 is 34.7. The topological polar surface area (TPSA) is 64.6 Å². The van der Waals surface area contributed by atoms with Crippen LogP contribution in [0.1, 0.15) is 16.2 Å². The van der Waals surface area contributed by atoms with E-state index in [9.17, 15) is 13.6 Å². The van der Waals surface area contributed by atoms with E-state index in [0.29, 0.717) is 30.3 Å². The van der Waals surface area contributed by atoms with Crippen LogP contribution in [-0.4, -0.2) is 40.5 Å². The van der Waals surface area contributed by atoms with Gasteiger partial charge in [-0.3, -0.25) is 4.79 Å². The molecule has 4 rings (SSSR count). The third-order valence-corrected chi connectivity index (χ3v) is 4.48. The van der Waals surface area contributed by atoms with Crippen molar-refractivity contribution in [2.45, 2.75) is 13.2 Å². The molecule has 1 aliphatic heterocycles. The summed E-state index contributed by atoms with van der Waals surface area (Å²) in [5.41, 5.74) is 1.97. The minimum absolute atomic E-state index is 0.0759. The monoisotopic (exact) mass is 397 g/mol. The van der Waals surface area contributed by atoms with Crippen LogP contribution >= 0.6 is 0 Å². The molecule has 0 bridgehead atoms. The Kier molecular flexibility index (Phi) is 5.33. The number of aromatic nitrogens is 2. The highest BCUT2D eigenvalue weighted by molar-refractivity contribution is 5.98. The van der Waals surface area contributed by atoms with E-state index in [1.165, 1.54) is 12.1 Å². The van der Waals surface area contributed by atoms with Gasteiger partial charge >= 0.3 is 6.61 Å². The maximum absolute atomic E-state index is 13.1. The average Bonchev–Trinajstić information content (AvgIpc) is 2.88. The second kappa shape index (κ2) is 8.22. The number of halogens is 2. The fraction of sp³-hybridized carbons (Fsp3) is 0.190. The van der Waals surface area contributed by atoms with Crippen LogP contribution in [0.4, 0.5) is 8.78 Å². The summed E-state index contributed by atoms with van der Waals surface area (Å²) in [5.74, 6) is 0.958. The van der Waals surface area contributed by atoms with E-state index in [1.807, 2.05) is 6.07 Å². The normalized spacial score (nSPS) is 13.6. The molecule has 1 aliphatic rings. The maximum atomic E-state index is 13.1. The van der Waals surface area contributed by atoms with Crippen molar-refractivity contribution in [3.05, 3.63) is 72.3 Å². The van der Waals surface area contributed by atoms with Crippen LogP contribution in [0.3, 0.4) is 0 Å².